The summed E-state index contributed by atoms with van der Waals surface area (Å²) in [4.78, 5) is 25.2. The van der Waals surface area contributed by atoms with Gasteiger partial charge in [-0.2, -0.15) is 0 Å². The molecule has 1 heterocycles. The van der Waals surface area contributed by atoms with Crippen LogP contribution in [0.1, 0.15) is 19.4 Å². The van der Waals surface area contributed by atoms with Crippen LogP contribution in [0.15, 0.2) is 33.5 Å². The molecule has 6 nitrogen and oxygen atoms in total. The van der Waals surface area contributed by atoms with Gasteiger partial charge in [0.25, 0.3) is 0 Å². The Labute approximate surface area is 128 Å². The molecule has 1 amide bonds. The number of fused-ring (bicyclic) bond motifs is 1. The van der Waals surface area contributed by atoms with Crippen molar-refractivity contribution in [1.29, 1.82) is 0 Å². The predicted molar refractivity (Wildman–Crippen MR) is 83.8 cm³/mol. The maximum absolute atomic E-state index is 11.8. The topological polar surface area (TPSA) is 82.8 Å². The molecule has 0 atom stereocenters. The third-order valence-electron chi connectivity index (χ3n) is 3.12. The molecule has 1 aromatic heterocycles. The first kappa shape index (κ1) is 16.0. The van der Waals surface area contributed by atoms with Gasteiger partial charge in [-0.15, -0.1) is 0 Å². The number of phenolic OH excluding ortho intramolecular Hbond substituents is 1. The van der Waals surface area contributed by atoms with Crippen LogP contribution in [0.4, 0.5) is 0 Å². The zero-order valence-corrected chi connectivity index (χ0v) is 12.9. The van der Waals surface area contributed by atoms with Gasteiger partial charge in [-0.05, 0) is 38.6 Å². The first-order valence-corrected chi connectivity index (χ1v) is 7.09. The van der Waals surface area contributed by atoms with Crippen molar-refractivity contribution >= 4 is 16.9 Å². The third kappa shape index (κ3) is 4.08. The van der Waals surface area contributed by atoms with E-state index >= 15 is 0 Å². The van der Waals surface area contributed by atoms with Gasteiger partial charge in [0, 0.05) is 30.1 Å². The SMILES string of the molecule is CC(C)NC(=O)CN(C)Cc1cc(=O)oc2cc(O)ccc12. The van der Waals surface area contributed by atoms with Gasteiger partial charge in [0.15, 0.2) is 0 Å². The number of nitrogens with one attached hydrogen (secondary N) is 1. The number of phenols is 1. The fourth-order valence-electron chi connectivity index (χ4n) is 2.31. The largest absolute Gasteiger partial charge is 0.508 e. The number of likely N-dealkylation sites (N-methyl/N-ethyl adjacent to an activating group) is 1. The summed E-state index contributed by atoms with van der Waals surface area (Å²) < 4.78 is 5.09. The molecule has 0 radical (unpaired) electrons. The Bertz CT molecular complexity index is 736. The lowest BCUT2D eigenvalue weighted by molar-refractivity contribution is -0.122. The minimum atomic E-state index is -0.479. The van der Waals surface area contributed by atoms with Crippen molar-refractivity contribution in [2.24, 2.45) is 0 Å². The summed E-state index contributed by atoms with van der Waals surface area (Å²) in [7, 11) is 1.81. The molecule has 0 aliphatic rings. The lowest BCUT2D eigenvalue weighted by Gasteiger charge is -2.18. The number of amides is 1. The molecule has 0 aliphatic heterocycles. The quantitative estimate of drug-likeness (QED) is 0.817. The Morgan fingerprint density at radius 1 is 1.36 bits per heavy atom. The molecule has 0 bridgehead atoms. The number of carbonyl (C=O) groups excluding carboxylic acids is 1. The number of hydrogen-bond donors (Lipinski definition) is 2. The summed E-state index contributed by atoms with van der Waals surface area (Å²) >= 11 is 0. The highest BCUT2D eigenvalue weighted by Gasteiger charge is 2.12. The number of aromatic hydroxyl groups is 1. The molecule has 2 rings (SSSR count). The summed E-state index contributed by atoms with van der Waals surface area (Å²) in [5.41, 5.74) is 0.613. The fraction of sp³-hybridized carbons (Fsp3) is 0.375. The summed E-state index contributed by atoms with van der Waals surface area (Å²) in [6, 6.07) is 6.15. The minimum absolute atomic E-state index is 0.0393. The Morgan fingerprint density at radius 3 is 2.77 bits per heavy atom. The molecule has 2 aromatic rings. The van der Waals surface area contributed by atoms with Gasteiger partial charge in [-0.3, -0.25) is 9.69 Å². The normalized spacial score (nSPS) is 11.3. The smallest absolute Gasteiger partial charge is 0.336 e. The Morgan fingerprint density at radius 2 is 2.09 bits per heavy atom. The van der Waals surface area contributed by atoms with E-state index in [1.165, 1.54) is 18.2 Å². The van der Waals surface area contributed by atoms with Gasteiger partial charge >= 0.3 is 5.63 Å². The molecule has 1 aromatic carbocycles. The molecular formula is C16H20N2O4. The zero-order valence-electron chi connectivity index (χ0n) is 12.9. The van der Waals surface area contributed by atoms with E-state index < -0.39 is 5.63 Å². The average molecular weight is 304 g/mol. The summed E-state index contributed by atoms with van der Waals surface area (Å²) in [5.74, 6) is -0.0279. The summed E-state index contributed by atoms with van der Waals surface area (Å²) in [6.07, 6.45) is 0. The van der Waals surface area contributed by atoms with Crippen LogP contribution in [0.2, 0.25) is 0 Å². The number of benzene rings is 1. The Balaban J connectivity index is 2.20. The van der Waals surface area contributed by atoms with Crippen molar-refractivity contribution in [2.75, 3.05) is 13.6 Å². The van der Waals surface area contributed by atoms with Crippen LogP contribution in [0, 0.1) is 0 Å². The molecule has 0 saturated heterocycles. The highest BCUT2D eigenvalue weighted by molar-refractivity contribution is 5.81. The molecule has 6 heteroatoms. The van der Waals surface area contributed by atoms with Gasteiger partial charge in [0.05, 0.1) is 6.54 Å². The highest BCUT2D eigenvalue weighted by atomic mass is 16.4. The average Bonchev–Trinajstić information content (AvgIpc) is 2.36. The van der Waals surface area contributed by atoms with Crippen molar-refractivity contribution < 1.29 is 14.3 Å². The van der Waals surface area contributed by atoms with Crippen LogP contribution < -0.4 is 10.9 Å². The van der Waals surface area contributed by atoms with Crippen LogP contribution in [-0.4, -0.2) is 35.5 Å². The molecule has 22 heavy (non-hydrogen) atoms. The van der Waals surface area contributed by atoms with Crippen LogP contribution in [-0.2, 0) is 11.3 Å². The lowest BCUT2D eigenvalue weighted by Crippen LogP contribution is -2.38. The van der Waals surface area contributed by atoms with Gasteiger partial charge < -0.3 is 14.8 Å². The number of carbonyl (C=O) groups is 1. The van der Waals surface area contributed by atoms with Crippen LogP contribution in [0.25, 0.3) is 11.0 Å². The zero-order chi connectivity index (χ0) is 16.3. The second-order valence-corrected chi connectivity index (χ2v) is 5.67. The standard InChI is InChI=1S/C16H20N2O4/c1-10(2)17-15(20)9-18(3)8-11-6-16(21)22-14-7-12(19)4-5-13(11)14/h4-7,10,19H,8-9H2,1-3H3,(H,17,20). The second kappa shape index (κ2) is 6.62. The van der Waals surface area contributed by atoms with Crippen molar-refractivity contribution in [1.82, 2.24) is 10.2 Å². The number of hydrogen-bond acceptors (Lipinski definition) is 5. The van der Waals surface area contributed by atoms with E-state index in [4.69, 9.17) is 4.42 Å². The van der Waals surface area contributed by atoms with Crippen molar-refractivity contribution in [2.45, 2.75) is 26.4 Å². The molecule has 2 N–H and O–H groups in total. The van der Waals surface area contributed by atoms with E-state index in [9.17, 15) is 14.7 Å². The maximum Gasteiger partial charge on any atom is 0.336 e. The lowest BCUT2D eigenvalue weighted by atomic mass is 10.1. The van der Waals surface area contributed by atoms with Crippen LogP contribution in [0.5, 0.6) is 5.75 Å². The first-order chi connectivity index (χ1) is 10.3. The van der Waals surface area contributed by atoms with E-state index in [0.29, 0.717) is 12.1 Å². The third-order valence-corrected chi connectivity index (χ3v) is 3.12. The Hall–Kier alpha value is -2.34. The van der Waals surface area contributed by atoms with E-state index in [0.717, 1.165) is 10.9 Å². The van der Waals surface area contributed by atoms with Crippen LogP contribution >= 0.6 is 0 Å². The predicted octanol–water partition coefficient (Wildman–Crippen LogP) is 1.45. The van der Waals surface area contributed by atoms with E-state index in [2.05, 4.69) is 5.32 Å². The number of nitrogens with zero attached hydrogens (tertiary/aromatic N) is 1. The van der Waals surface area contributed by atoms with Gasteiger partial charge in [0.2, 0.25) is 5.91 Å². The van der Waals surface area contributed by atoms with Gasteiger partial charge in [-0.25, -0.2) is 4.79 Å². The van der Waals surface area contributed by atoms with Crippen molar-refractivity contribution in [3.05, 3.63) is 40.2 Å². The summed E-state index contributed by atoms with van der Waals surface area (Å²) in [5, 5.41) is 13.0. The molecular weight excluding hydrogens is 284 g/mol. The van der Waals surface area contributed by atoms with Crippen molar-refractivity contribution in [3.8, 4) is 5.75 Å². The highest BCUT2D eigenvalue weighted by Crippen LogP contribution is 2.22. The minimum Gasteiger partial charge on any atom is -0.508 e. The number of rotatable bonds is 5. The van der Waals surface area contributed by atoms with Gasteiger partial charge in [0.1, 0.15) is 11.3 Å². The van der Waals surface area contributed by atoms with Crippen LogP contribution in [0.3, 0.4) is 0 Å². The molecule has 118 valence electrons. The van der Waals surface area contributed by atoms with Crippen molar-refractivity contribution in [3.63, 3.8) is 0 Å². The molecule has 0 unspecified atom stereocenters. The first-order valence-electron chi connectivity index (χ1n) is 7.09. The van der Waals surface area contributed by atoms with E-state index in [-0.39, 0.29) is 24.2 Å². The van der Waals surface area contributed by atoms with E-state index in [1.807, 2.05) is 18.7 Å². The molecule has 0 aliphatic carbocycles. The molecule has 0 spiro atoms. The molecule has 0 saturated carbocycles. The van der Waals surface area contributed by atoms with E-state index in [1.54, 1.807) is 13.1 Å². The Kier molecular flexibility index (Phi) is 4.82. The molecule has 0 fully saturated rings. The fourth-order valence-corrected chi connectivity index (χ4v) is 2.31. The monoisotopic (exact) mass is 304 g/mol. The summed E-state index contributed by atoms with van der Waals surface area (Å²) in [6.45, 7) is 4.47. The maximum atomic E-state index is 11.8. The second-order valence-electron chi connectivity index (χ2n) is 5.67. The van der Waals surface area contributed by atoms with Gasteiger partial charge in [-0.1, -0.05) is 0 Å².